The second-order valence-corrected chi connectivity index (χ2v) is 15.3. The van der Waals surface area contributed by atoms with Crippen molar-refractivity contribution in [2.75, 3.05) is 0 Å². The fourth-order valence-corrected chi connectivity index (χ4v) is 8.42. The molecule has 4 nitrogen and oxygen atoms in total. The van der Waals surface area contributed by atoms with Crippen molar-refractivity contribution in [1.82, 2.24) is 19.6 Å². The molecule has 0 saturated heterocycles. The Morgan fingerprint density at radius 1 is 0.311 bits per heavy atom. The van der Waals surface area contributed by atoms with Gasteiger partial charge in [0.25, 0.3) is 0 Å². The fourth-order valence-electron chi connectivity index (χ4n) is 8.42. The maximum atomic E-state index is 5.45. The Kier molecular flexibility index (Phi) is 9.14. The molecule has 0 aliphatic rings. The molecule has 11 rings (SSSR count). The van der Waals surface area contributed by atoms with Gasteiger partial charge in [-0.05, 0) is 63.5 Å². The summed E-state index contributed by atoms with van der Waals surface area (Å²) in [5, 5.41) is 7.66. The highest BCUT2D eigenvalue weighted by Gasteiger charge is 2.22. The number of fused-ring (bicyclic) bond motifs is 3. The second kappa shape index (κ2) is 15.5. The number of rotatable bonds is 8. The van der Waals surface area contributed by atoms with Gasteiger partial charge in [-0.1, -0.05) is 200 Å². The predicted molar refractivity (Wildman–Crippen MR) is 252 cm³/mol. The molecule has 0 atom stereocenters. The lowest BCUT2D eigenvalue weighted by Crippen LogP contribution is -1.98. The smallest absolute Gasteiger partial charge is 0.160 e. The summed E-state index contributed by atoms with van der Waals surface area (Å²) in [4.78, 5) is 10.7. The van der Waals surface area contributed by atoms with E-state index in [0.717, 1.165) is 100 Å². The van der Waals surface area contributed by atoms with Crippen LogP contribution in [0.25, 0.3) is 106 Å². The largest absolute Gasteiger partial charge is 0.231 e. The Hall–Kier alpha value is -8.21. The minimum absolute atomic E-state index is 0.667. The van der Waals surface area contributed by atoms with E-state index in [0.29, 0.717) is 5.82 Å². The molecule has 3 aromatic heterocycles. The Morgan fingerprint density at radius 2 is 0.770 bits per heavy atom. The SMILES string of the molecule is c1ccc(-c2cccc(-c3cc(-c4ccc5cc(-c6ccccc6)n6nc(-c7ccccc7)c(-c7ccccc7)c6c5c4)nc(-c4cccc(-c5ccccc5)c4)n3)c2)cc1. The van der Waals surface area contributed by atoms with Gasteiger partial charge in [-0.3, -0.25) is 0 Å². The van der Waals surface area contributed by atoms with E-state index in [9.17, 15) is 0 Å². The zero-order valence-electron chi connectivity index (χ0n) is 33.2. The van der Waals surface area contributed by atoms with Crippen LogP contribution < -0.4 is 0 Å². The van der Waals surface area contributed by atoms with Crippen LogP contribution in [-0.2, 0) is 0 Å². The highest BCUT2D eigenvalue weighted by atomic mass is 15.2. The first kappa shape index (κ1) is 35.9. The molecule has 0 bridgehead atoms. The zero-order valence-corrected chi connectivity index (χ0v) is 33.2. The van der Waals surface area contributed by atoms with E-state index >= 15 is 0 Å². The van der Waals surface area contributed by atoms with Gasteiger partial charge in [0.15, 0.2) is 5.82 Å². The quantitative estimate of drug-likeness (QED) is 0.154. The molecule has 0 unspecified atom stereocenters. The highest BCUT2D eigenvalue weighted by Crippen LogP contribution is 2.42. The summed E-state index contributed by atoms with van der Waals surface area (Å²) in [6.45, 7) is 0. The predicted octanol–water partition coefficient (Wildman–Crippen LogP) is 14.6. The lowest BCUT2D eigenvalue weighted by atomic mass is 9.95. The molecule has 286 valence electrons. The molecular formula is C57H38N4. The van der Waals surface area contributed by atoms with Crippen LogP contribution in [0.2, 0.25) is 0 Å². The van der Waals surface area contributed by atoms with Crippen molar-refractivity contribution in [2.45, 2.75) is 0 Å². The summed E-state index contributed by atoms with van der Waals surface area (Å²) in [5.74, 6) is 0.667. The number of benzene rings is 8. The Labute approximate surface area is 354 Å². The average molecular weight is 779 g/mol. The molecule has 0 fully saturated rings. The van der Waals surface area contributed by atoms with E-state index in [1.807, 2.05) is 6.07 Å². The molecule has 0 aliphatic heterocycles. The maximum absolute atomic E-state index is 5.45. The van der Waals surface area contributed by atoms with Crippen LogP contribution in [0.4, 0.5) is 0 Å². The molecule has 11 aromatic rings. The van der Waals surface area contributed by atoms with E-state index in [1.165, 1.54) is 0 Å². The number of hydrogen-bond acceptors (Lipinski definition) is 3. The molecule has 61 heavy (non-hydrogen) atoms. The standard InChI is InChI=1S/C57H38N4/c1-6-18-39(19-7-1)44-28-16-30-47(34-44)51-38-52(59-57(58-51)49-31-17-29-45(35-49)40-20-8-2-9-21-40)48-33-32-46-37-53(41-22-10-3-11-23-41)61-56(50(46)36-48)54(42-24-12-4-13-25-42)55(60-61)43-26-14-5-15-27-43/h1-38H. The van der Waals surface area contributed by atoms with Crippen molar-refractivity contribution in [3.63, 3.8) is 0 Å². The van der Waals surface area contributed by atoms with Crippen molar-refractivity contribution < 1.29 is 0 Å². The molecule has 4 heteroatoms. The van der Waals surface area contributed by atoms with Crippen LogP contribution in [0, 0.1) is 0 Å². The third-order valence-corrected chi connectivity index (χ3v) is 11.4. The average Bonchev–Trinajstić information content (AvgIpc) is 3.76. The van der Waals surface area contributed by atoms with Crippen LogP contribution in [-0.4, -0.2) is 19.6 Å². The van der Waals surface area contributed by atoms with Crippen LogP contribution in [0.3, 0.4) is 0 Å². The lowest BCUT2D eigenvalue weighted by Gasteiger charge is -2.14. The van der Waals surface area contributed by atoms with Gasteiger partial charge in [-0.25, -0.2) is 14.5 Å². The number of hydrogen-bond donors (Lipinski definition) is 0. The van der Waals surface area contributed by atoms with Gasteiger partial charge in [-0.15, -0.1) is 0 Å². The van der Waals surface area contributed by atoms with Gasteiger partial charge in [-0.2, -0.15) is 5.10 Å². The van der Waals surface area contributed by atoms with Crippen molar-refractivity contribution in [3.05, 3.63) is 231 Å². The minimum Gasteiger partial charge on any atom is -0.231 e. The van der Waals surface area contributed by atoms with E-state index in [4.69, 9.17) is 15.1 Å². The summed E-state index contributed by atoms with van der Waals surface area (Å²) < 4.78 is 2.15. The van der Waals surface area contributed by atoms with Gasteiger partial charge in [0.1, 0.15) is 5.69 Å². The second-order valence-electron chi connectivity index (χ2n) is 15.3. The van der Waals surface area contributed by atoms with Gasteiger partial charge in [0, 0.05) is 38.8 Å². The molecular weight excluding hydrogens is 741 g/mol. The summed E-state index contributed by atoms with van der Waals surface area (Å²) in [7, 11) is 0. The molecule has 0 aliphatic carbocycles. The first-order valence-electron chi connectivity index (χ1n) is 20.6. The Bertz CT molecular complexity index is 3220. The third-order valence-electron chi connectivity index (χ3n) is 11.4. The van der Waals surface area contributed by atoms with E-state index in [2.05, 4.69) is 229 Å². The summed E-state index contributed by atoms with van der Waals surface area (Å²) >= 11 is 0. The molecule has 3 heterocycles. The lowest BCUT2D eigenvalue weighted by molar-refractivity contribution is 0.979. The summed E-state index contributed by atoms with van der Waals surface area (Å²) in [6.07, 6.45) is 0. The molecule has 0 saturated carbocycles. The normalized spacial score (nSPS) is 11.3. The van der Waals surface area contributed by atoms with E-state index in [1.54, 1.807) is 0 Å². The highest BCUT2D eigenvalue weighted by molar-refractivity contribution is 6.09. The summed E-state index contributed by atoms with van der Waals surface area (Å²) in [5.41, 5.74) is 16.6. The van der Waals surface area contributed by atoms with Gasteiger partial charge in [0.2, 0.25) is 0 Å². The monoisotopic (exact) mass is 778 g/mol. The van der Waals surface area contributed by atoms with Crippen LogP contribution in [0.15, 0.2) is 231 Å². The van der Waals surface area contributed by atoms with E-state index < -0.39 is 0 Å². The minimum atomic E-state index is 0.667. The Balaban J connectivity index is 1.16. The summed E-state index contributed by atoms with van der Waals surface area (Å²) in [6, 6.07) is 80.9. The molecule has 0 amide bonds. The van der Waals surface area contributed by atoms with E-state index in [-0.39, 0.29) is 0 Å². The van der Waals surface area contributed by atoms with Gasteiger partial charge >= 0.3 is 0 Å². The van der Waals surface area contributed by atoms with Gasteiger partial charge in [0.05, 0.1) is 22.6 Å². The third kappa shape index (κ3) is 6.86. The van der Waals surface area contributed by atoms with Crippen molar-refractivity contribution in [1.29, 1.82) is 0 Å². The fraction of sp³-hybridized carbons (Fsp3) is 0. The first-order chi connectivity index (χ1) is 30.2. The number of pyridine rings is 1. The van der Waals surface area contributed by atoms with Crippen LogP contribution >= 0.6 is 0 Å². The molecule has 0 radical (unpaired) electrons. The number of aromatic nitrogens is 4. The van der Waals surface area contributed by atoms with Crippen molar-refractivity contribution in [2.24, 2.45) is 0 Å². The number of nitrogens with zero attached hydrogens (tertiary/aromatic N) is 4. The zero-order chi connectivity index (χ0) is 40.5. The Morgan fingerprint density at radius 3 is 1.36 bits per heavy atom. The van der Waals surface area contributed by atoms with Crippen LogP contribution in [0.1, 0.15) is 0 Å². The molecule has 0 spiro atoms. The van der Waals surface area contributed by atoms with Gasteiger partial charge < -0.3 is 0 Å². The molecule has 0 N–H and O–H groups in total. The van der Waals surface area contributed by atoms with Crippen LogP contribution in [0.5, 0.6) is 0 Å². The van der Waals surface area contributed by atoms with Crippen molar-refractivity contribution >= 4 is 16.3 Å². The molecule has 8 aromatic carbocycles. The topological polar surface area (TPSA) is 43.1 Å². The maximum Gasteiger partial charge on any atom is 0.160 e. The van der Waals surface area contributed by atoms with Crippen molar-refractivity contribution in [3.8, 4) is 89.8 Å². The first-order valence-corrected chi connectivity index (χ1v) is 20.6.